The van der Waals surface area contributed by atoms with Crippen LogP contribution in [0, 0.1) is 44.8 Å². The number of hydrogen-bond donors (Lipinski definition) is 1. The zero-order chi connectivity index (χ0) is 39.1. The second kappa shape index (κ2) is 15.2. The molecule has 9 atom stereocenters. The molecule has 1 aliphatic heterocycles. The molecule has 0 amide bonds. The first kappa shape index (κ1) is 42.5. The summed E-state index contributed by atoms with van der Waals surface area (Å²) >= 11 is 0. The highest BCUT2D eigenvalue weighted by Gasteiger charge is 2.56. The topological polar surface area (TPSA) is 144 Å². The first-order valence-electron chi connectivity index (χ1n) is 18.2. The summed E-state index contributed by atoms with van der Waals surface area (Å²) in [5.41, 5.74) is -2.62. The van der Waals surface area contributed by atoms with E-state index in [1.807, 2.05) is 6.92 Å². The van der Waals surface area contributed by atoms with Crippen LogP contribution in [0.15, 0.2) is 24.0 Å². The van der Waals surface area contributed by atoms with Crippen molar-refractivity contribution < 1.29 is 52.7 Å². The third-order valence-corrected chi connectivity index (χ3v) is 10.1. The normalized spacial score (nSPS) is 29.2. The van der Waals surface area contributed by atoms with Gasteiger partial charge in [0.1, 0.15) is 12.7 Å². The van der Waals surface area contributed by atoms with Crippen molar-refractivity contribution in [1.82, 2.24) is 0 Å². The second-order valence-electron chi connectivity index (χ2n) is 19.3. The van der Waals surface area contributed by atoms with Crippen LogP contribution in [-0.2, 0) is 47.6 Å². The van der Waals surface area contributed by atoms with Crippen molar-refractivity contribution in [3.05, 3.63) is 24.0 Å². The summed E-state index contributed by atoms with van der Waals surface area (Å²) in [4.78, 5) is 53.2. The molecule has 11 heteroatoms. The molecule has 0 aromatic carbocycles. The Kier molecular flexibility index (Phi) is 12.7. The van der Waals surface area contributed by atoms with Crippen LogP contribution in [-0.4, -0.2) is 72.4 Å². The molecule has 2 fully saturated rings. The van der Waals surface area contributed by atoms with Gasteiger partial charge in [0.05, 0.1) is 34.0 Å². The van der Waals surface area contributed by atoms with E-state index in [4.69, 9.17) is 28.4 Å². The van der Waals surface area contributed by atoms with E-state index in [1.165, 1.54) is 6.26 Å². The Bertz CT molecular complexity index is 1350. The lowest BCUT2D eigenvalue weighted by Gasteiger charge is -2.57. The zero-order valence-electron chi connectivity index (χ0n) is 33.6. The number of esters is 4. The molecule has 4 aliphatic rings. The number of carbonyl (C=O) groups is 4. The van der Waals surface area contributed by atoms with Crippen LogP contribution in [0.3, 0.4) is 0 Å². The van der Waals surface area contributed by atoms with E-state index >= 15 is 0 Å². The van der Waals surface area contributed by atoms with E-state index in [9.17, 15) is 24.3 Å². The molecule has 4 rings (SSSR count). The highest BCUT2D eigenvalue weighted by atomic mass is 16.7. The van der Waals surface area contributed by atoms with Crippen LogP contribution in [0.2, 0.25) is 0 Å². The number of carbonyl (C=O) groups excluding carboxylic acids is 4. The molecule has 0 radical (unpaired) electrons. The molecule has 0 spiro atoms. The van der Waals surface area contributed by atoms with Crippen LogP contribution in [0.4, 0.5) is 0 Å². The van der Waals surface area contributed by atoms with Crippen LogP contribution < -0.4 is 0 Å². The Morgan fingerprint density at radius 1 is 0.804 bits per heavy atom. The average Bonchev–Trinajstić information content (AvgIpc) is 2.99. The Hall–Kier alpha value is -2.92. The summed E-state index contributed by atoms with van der Waals surface area (Å²) in [6.07, 6.45) is -0.254. The molecular formula is C40H64O11. The maximum absolute atomic E-state index is 13.5. The fourth-order valence-electron chi connectivity index (χ4n) is 6.18. The van der Waals surface area contributed by atoms with Gasteiger partial charge < -0.3 is 33.5 Å². The minimum atomic E-state index is -1.41. The van der Waals surface area contributed by atoms with Crippen molar-refractivity contribution >= 4 is 23.9 Å². The van der Waals surface area contributed by atoms with Gasteiger partial charge in [0, 0.05) is 5.92 Å². The van der Waals surface area contributed by atoms with E-state index in [0.29, 0.717) is 11.8 Å². The minimum Gasteiger partial charge on any atom is -0.469 e. The molecule has 0 unspecified atom stereocenters. The van der Waals surface area contributed by atoms with Gasteiger partial charge >= 0.3 is 23.9 Å². The summed E-state index contributed by atoms with van der Waals surface area (Å²) < 4.78 is 36.2. The standard InChI is InChI=1S/C40H64O11/c1-22(27(41)24-17-16-23-20-25(24)40(23,14)15)18-19-46-31-30(51-35(45)39(11,12)13)29(50-34(44)38(8,9)10)28(49-33(43)37(5,6)7)26(48-31)21-47-32(42)36(2,3)4/h17-19,22-23,25-31,41H,16,20-21H2,1-15H3/b19-18+/t22-,23-,25-,26+,27+,28+,29-,30+,31-/m0/s1. The Balaban J connectivity index is 2.04. The lowest BCUT2D eigenvalue weighted by atomic mass is 9.48. The fraction of sp³-hybridized carbons (Fsp3) is 0.800. The summed E-state index contributed by atoms with van der Waals surface area (Å²) in [7, 11) is 0. The summed E-state index contributed by atoms with van der Waals surface area (Å²) in [5, 5.41) is 11.4. The molecule has 11 nitrogen and oxygen atoms in total. The third-order valence-electron chi connectivity index (χ3n) is 10.1. The van der Waals surface area contributed by atoms with Gasteiger partial charge in [-0.25, -0.2) is 0 Å². The number of aliphatic hydroxyl groups is 1. The van der Waals surface area contributed by atoms with Gasteiger partial charge in [-0.3, -0.25) is 19.2 Å². The molecule has 1 N–H and O–H groups in total. The Morgan fingerprint density at radius 2 is 1.27 bits per heavy atom. The molecule has 0 aromatic rings. The number of allylic oxidation sites excluding steroid dienone is 1. The van der Waals surface area contributed by atoms with Gasteiger partial charge in [-0.15, -0.1) is 0 Å². The quantitative estimate of drug-likeness (QED) is 0.112. The number of fused-ring (bicyclic) bond motifs is 1. The van der Waals surface area contributed by atoms with E-state index in [1.54, 1.807) is 89.2 Å². The van der Waals surface area contributed by atoms with Crippen LogP contribution in [0.5, 0.6) is 0 Å². The first-order valence-corrected chi connectivity index (χ1v) is 18.2. The van der Waals surface area contributed by atoms with Crippen LogP contribution >= 0.6 is 0 Å². The van der Waals surface area contributed by atoms with Crippen molar-refractivity contribution in [2.45, 2.75) is 154 Å². The first-order chi connectivity index (χ1) is 23.1. The molecule has 1 saturated carbocycles. The van der Waals surface area contributed by atoms with Crippen molar-refractivity contribution in [3.63, 3.8) is 0 Å². The van der Waals surface area contributed by atoms with Crippen molar-refractivity contribution in [1.29, 1.82) is 0 Å². The molecule has 1 saturated heterocycles. The SMILES string of the molecule is C[C@@H](/C=C/O[C@H]1O[C@H](COC(=O)C(C)(C)C)[C@@H](OC(=O)C(C)(C)C)[C@H](OC(=O)C(C)(C)C)[C@H]1OC(=O)C(C)(C)C)[C@@H](O)C1=CC[C@H]2C[C@@H]1C2(C)C. The molecule has 3 aliphatic carbocycles. The summed E-state index contributed by atoms with van der Waals surface area (Å²) in [6.45, 7) is 26.1. The minimum absolute atomic E-state index is 0.142. The van der Waals surface area contributed by atoms with Crippen molar-refractivity contribution in [2.75, 3.05) is 6.61 Å². The number of aliphatic hydroxyl groups excluding tert-OH is 1. The van der Waals surface area contributed by atoms with Crippen LogP contribution in [0.25, 0.3) is 0 Å². The van der Waals surface area contributed by atoms with Crippen molar-refractivity contribution in [2.24, 2.45) is 44.8 Å². The van der Waals surface area contributed by atoms with Gasteiger partial charge in [0.2, 0.25) is 12.4 Å². The predicted octanol–water partition coefficient (Wildman–Crippen LogP) is 6.69. The number of rotatable bonds is 10. The van der Waals surface area contributed by atoms with Crippen molar-refractivity contribution in [3.8, 4) is 0 Å². The molecule has 51 heavy (non-hydrogen) atoms. The van der Waals surface area contributed by atoms with Crippen LogP contribution in [0.1, 0.15) is 117 Å². The number of hydrogen-bond acceptors (Lipinski definition) is 11. The van der Waals surface area contributed by atoms with E-state index in [0.717, 1.165) is 18.4 Å². The van der Waals surface area contributed by atoms with Gasteiger partial charge in [-0.1, -0.05) is 26.8 Å². The monoisotopic (exact) mass is 720 g/mol. The molecular weight excluding hydrogens is 656 g/mol. The Labute approximate surface area is 305 Å². The van der Waals surface area contributed by atoms with E-state index < -0.39 is 82.3 Å². The molecule has 290 valence electrons. The molecule has 1 heterocycles. The maximum atomic E-state index is 13.5. The summed E-state index contributed by atoms with van der Waals surface area (Å²) in [6, 6.07) is 0. The fourth-order valence-corrected chi connectivity index (χ4v) is 6.18. The largest absolute Gasteiger partial charge is 0.469 e. The van der Waals surface area contributed by atoms with E-state index in [-0.39, 0.29) is 17.9 Å². The van der Waals surface area contributed by atoms with Gasteiger partial charge in [0.25, 0.3) is 0 Å². The number of ether oxygens (including phenoxy) is 6. The Morgan fingerprint density at radius 3 is 1.73 bits per heavy atom. The predicted molar refractivity (Wildman–Crippen MR) is 191 cm³/mol. The lowest BCUT2D eigenvalue weighted by Crippen LogP contribution is -2.64. The zero-order valence-corrected chi connectivity index (χ0v) is 33.6. The average molecular weight is 721 g/mol. The van der Waals surface area contributed by atoms with Gasteiger partial charge in [-0.05, 0) is 125 Å². The molecule has 2 bridgehead atoms. The second-order valence-corrected chi connectivity index (χ2v) is 19.3. The van der Waals surface area contributed by atoms with E-state index in [2.05, 4.69) is 19.9 Å². The lowest BCUT2D eigenvalue weighted by molar-refractivity contribution is -0.301. The molecule has 0 aromatic heterocycles. The summed E-state index contributed by atoms with van der Waals surface area (Å²) in [5.74, 6) is -1.86. The van der Waals surface area contributed by atoms with Gasteiger partial charge in [0.15, 0.2) is 12.2 Å². The van der Waals surface area contributed by atoms with Gasteiger partial charge in [-0.2, -0.15) is 0 Å². The highest BCUT2D eigenvalue weighted by molar-refractivity contribution is 5.78. The third kappa shape index (κ3) is 10.2. The highest BCUT2D eigenvalue weighted by Crippen LogP contribution is 2.60. The maximum Gasteiger partial charge on any atom is 0.311 e. The smallest absolute Gasteiger partial charge is 0.311 e.